The molecule has 0 bridgehead atoms. The summed E-state index contributed by atoms with van der Waals surface area (Å²) in [4.78, 5) is 44.2. The van der Waals surface area contributed by atoms with Gasteiger partial charge in [0.05, 0.1) is 6.61 Å². The maximum atomic E-state index is 12.5. The maximum Gasteiger partial charge on any atom is 0.276 e. The number of oxime groups is 1. The van der Waals surface area contributed by atoms with Crippen LogP contribution in [0.15, 0.2) is 10.5 Å². The fourth-order valence-electron chi connectivity index (χ4n) is 1.91. The van der Waals surface area contributed by atoms with Crippen LogP contribution in [0.25, 0.3) is 0 Å². The summed E-state index contributed by atoms with van der Waals surface area (Å²) in [6.07, 6.45) is 0. The molecule has 1 aliphatic rings. The van der Waals surface area contributed by atoms with E-state index in [2.05, 4.69) is 30.9 Å². The summed E-state index contributed by atoms with van der Waals surface area (Å²) < 4.78 is 0. The number of aliphatic hydroxyl groups excluding tert-OH is 1. The molecule has 1 aliphatic heterocycles. The molecule has 0 radical (unpaired) electrons. The molecule has 0 aliphatic carbocycles. The second-order valence-electron chi connectivity index (χ2n) is 4.82. The van der Waals surface area contributed by atoms with Crippen molar-refractivity contribution in [3.05, 3.63) is 11.1 Å². The normalized spacial score (nSPS) is 19.3. The van der Waals surface area contributed by atoms with Crippen LogP contribution >= 0.6 is 34.7 Å². The number of aromatic nitrogens is 1. The SMILES string of the molecule is CON=C(C(=O)N[C@@H]1C(=O)N[C@@H]1SCCO)c1csc(NC(=O)CCl)n1. The van der Waals surface area contributed by atoms with E-state index >= 15 is 0 Å². The number of thiazole rings is 1. The predicted molar refractivity (Wildman–Crippen MR) is 98.4 cm³/mol. The molecule has 2 atom stereocenters. The maximum absolute atomic E-state index is 12.5. The quantitative estimate of drug-likeness (QED) is 0.179. The number of anilines is 1. The molecule has 0 aromatic carbocycles. The van der Waals surface area contributed by atoms with Gasteiger partial charge >= 0.3 is 0 Å². The van der Waals surface area contributed by atoms with Crippen molar-refractivity contribution in [1.29, 1.82) is 0 Å². The number of rotatable bonds is 9. The van der Waals surface area contributed by atoms with E-state index in [1.807, 2.05) is 0 Å². The molecule has 2 rings (SSSR count). The van der Waals surface area contributed by atoms with Crippen molar-refractivity contribution in [3.63, 3.8) is 0 Å². The van der Waals surface area contributed by atoms with Crippen LogP contribution in [0.4, 0.5) is 5.13 Å². The molecule has 2 heterocycles. The molecule has 1 saturated heterocycles. The van der Waals surface area contributed by atoms with Crippen molar-refractivity contribution in [1.82, 2.24) is 15.6 Å². The number of amides is 3. The molecular weight excluding hydrogens is 406 g/mol. The van der Waals surface area contributed by atoms with Gasteiger partial charge in [0.25, 0.3) is 5.91 Å². The van der Waals surface area contributed by atoms with E-state index in [4.69, 9.17) is 16.7 Å². The molecule has 3 amide bonds. The largest absolute Gasteiger partial charge is 0.398 e. The average Bonchev–Trinajstić information content (AvgIpc) is 3.08. The summed E-state index contributed by atoms with van der Waals surface area (Å²) >= 11 is 7.81. The van der Waals surface area contributed by atoms with Gasteiger partial charge < -0.3 is 25.9 Å². The fraction of sp³-hybridized carbons (Fsp3) is 0.462. The van der Waals surface area contributed by atoms with Gasteiger partial charge in [0.1, 0.15) is 30.1 Å². The lowest BCUT2D eigenvalue weighted by atomic mass is 10.1. The number of nitrogens with one attached hydrogen (secondary N) is 3. The van der Waals surface area contributed by atoms with E-state index in [9.17, 15) is 14.4 Å². The summed E-state index contributed by atoms with van der Waals surface area (Å²) in [7, 11) is 1.27. The standard InChI is InChI=1S/C13H16ClN5O5S2/c1-24-19-8(6-5-26-13(15-6)16-7(21)4-14)10(22)17-9-11(23)18-12(9)25-3-2-20/h5,9,12,20H,2-4H2,1H3,(H,17,22)(H,18,23)(H,15,16,21)/t9-,12-/m1/s1. The number of thioether (sulfide) groups is 1. The van der Waals surface area contributed by atoms with Gasteiger partial charge in [0.2, 0.25) is 11.8 Å². The molecule has 0 spiro atoms. The Kier molecular flexibility index (Phi) is 7.63. The van der Waals surface area contributed by atoms with Crippen molar-refractivity contribution in [2.45, 2.75) is 11.4 Å². The third-order valence-electron chi connectivity index (χ3n) is 3.06. The van der Waals surface area contributed by atoms with Crippen LogP contribution in [0, 0.1) is 0 Å². The summed E-state index contributed by atoms with van der Waals surface area (Å²) in [5.41, 5.74) is 0.0410. The predicted octanol–water partition coefficient (Wildman–Crippen LogP) is -0.663. The van der Waals surface area contributed by atoms with Crippen LogP contribution in [0.1, 0.15) is 5.69 Å². The molecule has 1 aromatic rings. The fourth-order valence-corrected chi connectivity index (χ4v) is 3.63. The first-order chi connectivity index (χ1) is 12.5. The lowest BCUT2D eigenvalue weighted by molar-refractivity contribution is -0.132. The Bertz CT molecular complexity index is 713. The number of alkyl halides is 1. The molecular formula is C13H16ClN5O5S2. The molecule has 13 heteroatoms. The first-order valence-electron chi connectivity index (χ1n) is 7.26. The second kappa shape index (κ2) is 9.71. The van der Waals surface area contributed by atoms with Crippen molar-refractivity contribution < 1.29 is 24.3 Å². The summed E-state index contributed by atoms with van der Waals surface area (Å²) in [6.45, 7) is -0.0380. The number of halogens is 1. The molecule has 1 fully saturated rings. The second-order valence-corrected chi connectivity index (χ2v) is 7.19. The Hall–Kier alpha value is -1.89. The summed E-state index contributed by atoms with van der Waals surface area (Å²) in [5.74, 6) is -1.22. The van der Waals surface area contributed by atoms with Crippen molar-refractivity contribution in [2.24, 2.45) is 5.16 Å². The van der Waals surface area contributed by atoms with Crippen molar-refractivity contribution >= 4 is 63.3 Å². The van der Waals surface area contributed by atoms with Crippen LogP contribution < -0.4 is 16.0 Å². The van der Waals surface area contributed by atoms with Gasteiger partial charge in [0.15, 0.2) is 10.8 Å². The van der Waals surface area contributed by atoms with Crippen LogP contribution in [0.3, 0.4) is 0 Å². The molecule has 4 N–H and O–H groups in total. The van der Waals surface area contributed by atoms with Crippen molar-refractivity contribution in [2.75, 3.05) is 30.7 Å². The Morgan fingerprint density at radius 2 is 2.35 bits per heavy atom. The van der Waals surface area contributed by atoms with Gasteiger partial charge in [-0.3, -0.25) is 14.4 Å². The molecule has 26 heavy (non-hydrogen) atoms. The van der Waals surface area contributed by atoms with Crippen LogP contribution in [0.5, 0.6) is 0 Å². The third-order valence-corrected chi connectivity index (χ3v) is 5.23. The van der Waals surface area contributed by atoms with Crippen LogP contribution in [-0.2, 0) is 19.2 Å². The number of hydrogen-bond acceptors (Lipinski definition) is 9. The molecule has 0 unspecified atom stereocenters. The molecule has 0 saturated carbocycles. The topological polar surface area (TPSA) is 142 Å². The highest BCUT2D eigenvalue weighted by Gasteiger charge is 2.41. The molecule has 142 valence electrons. The van der Waals surface area contributed by atoms with Crippen LogP contribution in [-0.4, -0.2) is 70.3 Å². The number of hydrogen-bond donors (Lipinski definition) is 4. The Morgan fingerprint density at radius 3 is 2.96 bits per heavy atom. The highest BCUT2D eigenvalue weighted by Crippen LogP contribution is 2.20. The zero-order valence-electron chi connectivity index (χ0n) is 13.5. The van der Waals surface area contributed by atoms with Gasteiger partial charge in [-0.25, -0.2) is 4.98 Å². The smallest absolute Gasteiger partial charge is 0.276 e. The van der Waals surface area contributed by atoms with E-state index in [-0.39, 0.29) is 40.3 Å². The van der Waals surface area contributed by atoms with E-state index in [0.717, 1.165) is 11.3 Å². The summed E-state index contributed by atoms with van der Waals surface area (Å²) in [6, 6.07) is -0.754. The first-order valence-corrected chi connectivity index (χ1v) is 9.73. The van der Waals surface area contributed by atoms with E-state index < -0.39 is 17.9 Å². The van der Waals surface area contributed by atoms with Gasteiger partial charge in [-0.05, 0) is 0 Å². The number of aliphatic hydroxyl groups is 1. The van der Waals surface area contributed by atoms with Crippen LogP contribution in [0.2, 0.25) is 0 Å². The minimum atomic E-state index is -0.754. The Labute approximate surface area is 161 Å². The van der Waals surface area contributed by atoms with Gasteiger partial charge in [-0.2, -0.15) is 0 Å². The minimum absolute atomic E-state index is 0.0380. The lowest BCUT2D eigenvalue weighted by Gasteiger charge is -2.36. The highest BCUT2D eigenvalue weighted by molar-refractivity contribution is 8.00. The lowest BCUT2D eigenvalue weighted by Crippen LogP contribution is -2.68. The number of carbonyl (C=O) groups excluding carboxylic acids is 3. The Balaban J connectivity index is 2.07. The highest BCUT2D eigenvalue weighted by atomic mass is 35.5. The van der Waals surface area contributed by atoms with E-state index in [0.29, 0.717) is 5.75 Å². The van der Waals surface area contributed by atoms with E-state index in [1.54, 1.807) is 0 Å². The minimum Gasteiger partial charge on any atom is -0.398 e. The number of nitrogens with zero attached hydrogens (tertiary/aromatic N) is 2. The van der Waals surface area contributed by atoms with E-state index in [1.165, 1.54) is 24.3 Å². The number of carbonyl (C=O) groups is 3. The third kappa shape index (κ3) is 5.06. The zero-order chi connectivity index (χ0) is 19.1. The Morgan fingerprint density at radius 1 is 1.58 bits per heavy atom. The zero-order valence-corrected chi connectivity index (χ0v) is 15.9. The van der Waals surface area contributed by atoms with Gasteiger partial charge in [-0.15, -0.1) is 34.7 Å². The molecule has 10 nitrogen and oxygen atoms in total. The van der Waals surface area contributed by atoms with Gasteiger partial charge in [0, 0.05) is 11.1 Å². The average molecular weight is 422 g/mol. The van der Waals surface area contributed by atoms with Gasteiger partial charge in [-0.1, -0.05) is 5.16 Å². The number of β-lactam (4-membered cyclic amide) rings is 1. The summed E-state index contributed by atoms with van der Waals surface area (Å²) in [5, 5.41) is 21.6. The van der Waals surface area contributed by atoms with Crippen molar-refractivity contribution in [3.8, 4) is 0 Å². The first kappa shape index (κ1) is 20.4. The monoisotopic (exact) mass is 421 g/mol. The molecule has 1 aromatic heterocycles.